The summed E-state index contributed by atoms with van der Waals surface area (Å²) in [5.74, 6) is -0.189. The van der Waals surface area contributed by atoms with E-state index in [0.29, 0.717) is 16.3 Å². The average molecular weight is 307 g/mol. The van der Waals surface area contributed by atoms with Crippen LogP contribution in [0.15, 0.2) is 18.2 Å². The van der Waals surface area contributed by atoms with Crippen LogP contribution in [-0.2, 0) is 9.84 Å². The number of hydrogen-bond acceptors (Lipinski definition) is 5. The molecule has 2 N–H and O–H groups in total. The molecule has 1 aromatic carbocycles. The Kier molecular flexibility index (Phi) is 4.06. The third-order valence-electron chi connectivity index (χ3n) is 2.97. The maximum atomic E-state index is 11.4. The van der Waals surface area contributed by atoms with Crippen LogP contribution in [-0.4, -0.2) is 42.3 Å². The fourth-order valence-electron chi connectivity index (χ4n) is 2.03. The molecule has 0 aliphatic carbocycles. The first-order chi connectivity index (χ1) is 8.78. The Morgan fingerprint density at radius 2 is 2.11 bits per heavy atom. The van der Waals surface area contributed by atoms with E-state index in [1.54, 1.807) is 25.1 Å². The van der Waals surface area contributed by atoms with Crippen LogP contribution in [0.25, 0.3) is 0 Å². The normalized spacial score (nSPS) is 27.2. The Morgan fingerprint density at radius 3 is 2.63 bits per heavy atom. The van der Waals surface area contributed by atoms with E-state index >= 15 is 0 Å². The number of halogens is 1. The molecule has 0 radical (unpaired) electrons. The van der Waals surface area contributed by atoms with Crippen LogP contribution in [0, 0.1) is 0 Å². The lowest BCUT2D eigenvalue weighted by atomic mass is 10.1. The number of hydrogen-bond donors (Lipinski definition) is 2. The van der Waals surface area contributed by atoms with Crippen LogP contribution in [0.2, 0.25) is 5.02 Å². The van der Waals surface area contributed by atoms with Crippen molar-refractivity contribution in [2.45, 2.75) is 25.2 Å². The third kappa shape index (κ3) is 3.39. The predicted molar refractivity (Wildman–Crippen MR) is 71.2 cm³/mol. The van der Waals surface area contributed by atoms with Gasteiger partial charge in [-0.3, -0.25) is 0 Å². The molecule has 7 heteroatoms. The standard InChI is InChI=1S/C12H15ClO5S/c1-7(14)9-4-8(13)2-3-11(9)18-12-6-19(16,17)5-10(12)15/h2-4,7,10,12,14-15H,5-6H2,1H3/t7-,10?,12?/m0/s1. The summed E-state index contributed by atoms with van der Waals surface area (Å²) < 4.78 is 28.3. The zero-order valence-corrected chi connectivity index (χ0v) is 11.9. The van der Waals surface area contributed by atoms with Gasteiger partial charge in [0.05, 0.1) is 17.6 Å². The minimum Gasteiger partial charge on any atom is -0.486 e. The molecule has 2 rings (SSSR count). The van der Waals surface area contributed by atoms with Crippen molar-refractivity contribution in [2.24, 2.45) is 0 Å². The van der Waals surface area contributed by atoms with Crippen molar-refractivity contribution < 1.29 is 23.4 Å². The second-order valence-corrected chi connectivity index (χ2v) is 7.25. The molecule has 2 unspecified atom stereocenters. The van der Waals surface area contributed by atoms with Crippen molar-refractivity contribution in [1.82, 2.24) is 0 Å². The lowest BCUT2D eigenvalue weighted by Crippen LogP contribution is -2.30. The number of benzene rings is 1. The van der Waals surface area contributed by atoms with E-state index in [1.165, 1.54) is 0 Å². The first-order valence-electron chi connectivity index (χ1n) is 5.81. The van der Waals surface area contributed by atoms with Gasteiger partial charge >= 0.3 is 0 Å². The molecule has 1 aliphatic rings. The van der Waals surface area contributed by atoms with Crippen molar-refractivity contribution in [3.63, 3.8) is 0 Å². The molecule has 1 aliphatic heterocycles. The second kappa shape index (κ2) is 5.28. The Balaban J connectivity index is 2.25. The van der Waals surface area contributed by atoms with Crippen molar-refractivity contribution in [3.8, 4) is 5.75 Å². The molecular formula is C12H15ClO5S. The fraction of sp³-hybridized carbons (Fsp3) is 0.500. The Hall–Kier alpha value is -0.820. The molecule has 19 heavy (non-hydrogen) atoms. The first-order valence-corrected chi connectivity index (χ1v) is 8.01. The summed E-state index contributed by atoms with van der Waals surface area (Å²) in [6.07, 6.45) is -2.67. The lowest BCUT2D eigenvalue weighted by Gasteiger charge is -2.19. The predicted octanol–water partition coefficient (Wildman–Crippen LogP) is 0.930. The molecule has 0 aromatic heterocycles. The van der Waals surface area contributed by atoms with Gasteiger partial charge in [-0.05, 0) is 25.1 Å². The van der Waals surface area contributed by atoms with Crippen molar-refractivity contribution in [3.05, 3.63) is 28.8 Å². The van der Waals surface area contributed by atoms with Gasteiger partial charge in [0.15, 0.2) is 9.84 Å². The number of sulfone groups is 1. The van der Waals surface area contributed by atoms with Crippen LogP contribution >= 0.6 is 11.6 Å². The minimum atomic E-state index is -3.27. The highest BCUT2D eigenvalue weighted by Gasteiger charge is 2.38. The third-order valence-corrected chi connectivity index (χ3v) is 4.89. The maximum absolute atomic E-state index is 11.4. The molecule has 3 atom stereocenters. The molecule has 1 fully saturated rings. The van der Waals surface area contributed by atoms with E-state index in [4.69, 9.17) is 16.3 Å². The first kappa shape index (κ1) is 14.6. The molecule has 0 saturated carbocycles. The number of ether oxygens (including phenoxy) is 1. The molecule has 1 heterocycles. The largest absolute Gasteiger partial charge is 0.486 e. The topological polar surface area (TPSA) is 83.8 Å². The van der Waals surface area contributed by atoms with Crippen molar-refractivity contribution in [1.29, 1.82) is 0 Å². The van der Waals surface area contributed by atoms with Gasteiger partial charge in [-0.15, -0.1) is 0 Å². The van der Waals surface area contributed by atoms with Crippen LogP contribution in [0.3, 0.4) is 0 Å². The molecular weight excluding hydrogens is 292 g/mol. The Labute approximate surface area is 116 Å². The van der Waals surface area contributed by atoms with Crippen molar-refractivity contribution in [2.75, 3.05) is 11.5 Å². The van der Waals surface area contributed by atoms with Gasteiger partial charge in [0.1, 0.15) is 18.0 Å². The van der Waals surface area contributed by atoms with E-state index < -0.39 is 28.1 Å². The average Bonchev–Trinajstić information content (AvgIpc) is 2.54. The summed E-state index contributed by atoms with van der Waals surface area (Å²) in [4.78, 5) is 0. The fourth-order valence-corrected chi connectivity index (χ4v) is 3.87. The lowest BCUT2D eigenvalue weighted by molar-refractivity contribution is 0.0707. The second-order valence-electron chi connectivity index (χ2n) is 4.66. The maximum Gasteiger partial charge on any atom is 0.156 e. The number of aliphatic hydroxyl groups excluding tert-OH is 2. The summed E-state index contributed by atoms with van der Waals surface area (Å²) in [5, 5.41) is 19.8. The highest BCUT2D eigenvalue weighted by atomic mass is 35.5. The van der Waals surface area contributed by atoms with Gasteiger partial charge < -0.3 is 14.9 Å². The van der Waals surface area contributed by atoms with Gasteiger partial charge in [0.25, 0.3) is 0 Å². The summed E-state index contributed by atoms with van der Waals surface area (Å²) >= 11 is 5.84. The van der Waals surface area contributed by atoms with Crippen LogP contribution < -0.4 is 4.74 Å². The van der Waals surface area contributed by atoms with Gasteiger partial charge in [-0.2, -0.15) is 0 Å². The highest BCUT2D eigenvalue weighted by Crippen LogP contribution is 2.30. The van der Waals surface area contributed by atoms with Crippen LogP contribution in [0.4, 0.5) is 0 Å². The molecule has 1 aromatic rings. The molecule has 1 saturated heterocycles. The molecule has 0 amide bonds. The highest BCUT2D eigenvalue weighted by molar-refractivity contribution is 7.91. The molecule has 0 bridgehead atoms. The van der Waals surface area contributed by atoms with E-state index in [0.717, 1.165) is 0 Å². The van der Waals surface area contributed by atoms with E-state index in [-0.39, 0.29) is 11.5 Å². The zero-order chi connectivity index (χ0) is 14.2. The number of rotatable bonds is 3. The summed E-state index contributed by atoms with van der Waals surface area (Å²) in [7, 11) is -3.27. The minimum absolute atomic E-state index is 0.226. The molecule has 0 spiro atoms. The van der Waals surface area contributed by atoms with Gasteiger partial charge in [-0.1, -0.05) is 11.6 Å². The SMILES string of the molecule is C[C@H](O)c1cc(Cl)ccc1OC1CS(=O)(=O)CC1O. The summed E-state index contributed by atoms with van der Waals surface area (Å²) in [6.45, 7) is 1.56. The van der Waals surface area contributed by atoms with E-state index in [9.17, 15) is 18.6 Å². The zero-order valence-electron chi connectivity index (χ0n) is 10.3. The Bertz CT molecular complexity index is 569. The molecule has 106 valence electrons. The van der Waals surface area contributed by atoms with Crippen LogP contribution in [0.5, 0.6) is 5.75 Å². The van der Waals surface area contributed by atoms with E-state index in [2.05, 4.69) is 0 Å². The monoisotopic (exact) mass is 306 g/mol. The van der Waals surface area contributed by atoms with Gasteiger partial charge in [0.2, 0.25) is 0 Å². The van der Waals surface area contributed by atoms with Crippen LogP contribution in [0.1, 0.15) is 18.6 Å². The summed E-state index contributed by atoms with van der Waals surface area (Å²) in [5.41, 5.74) is 0.462. The number of aliphatic hydroxyl groups is 2. The van der Waals surface area contributed by atoms with Crippen molar-refractivity contribution >= 4 is 21.4 Å². The quantitative estimate of drug-likeness (QED) is 0.868. The van der Waals surface area contributed by atoms with Gasteiger partial charge in [0, 0.05) is 10.6 Å². The van der Waals surface area contributed by atoms with Gasteiger partial charge in [-0.25, -0.2) is 8.42 Å². The summed E-state index contributed by atoms with van der Waals surface area (Å²) in [6, 6.07) is 4.69. The van der Waals surface area contributed by atoms with E-state index in [1.807, 2.05) is 0 Å². The smallest absolute Gasteiger partial charge is 0.156 e. The molecule has 5 nitrogen and oxygen atoms in total. The Morgan fingerprint density at radius 1 is 1.42 bits per heavy atom.